The van der Waals surface area contributed by atoms with Crippen molar-refractivity contribution in [1.82, 2.24) is 20.0 Å². The first-order valence-electron chi connectivity index (χ1n) is 13.7. The molecular weight excluding hydrogens is 521 g/mol. The van der Waals surface area contributed by atoms with E-state index in [4.69, 9.17) is 9.47 Å². The predicted octanol–water partition coefficient (Wildman–Crippen LogP) is 4.75. The van der Waals surface area contributed by atoms with Crippen LogP contribution in [0.15, 0.2) is 73.1 Å². The van der Waals surface area contributed by atoms with E-state index in [0.717, 1.165) is 37.9 Å². The van der Waals surface area contributed by atoms with Crippen molar-refractivity contribution in [3.63, 3.8) is 0 Å². The minimum absolute atomic E-state index is 0.100. The summed E-state index contributed by atoms with van der Waals surface area (Å²) in [5, 5.41) is 7.72. The lowest BCUT2D eigenvalue weighted by molar-refractivity contribution is -0.271. The Morgan fingerprint density at radius 1 is 1.05 bits per heavy atom. The van der Waals surface area contributed by atoms with Gasteiger partial charge in [0, 0.05) is 50.6 Å². The van der Waals surface area contributed by atoms with Gasteiger partial charge in [0.05, 0.1) is 6.54 Å². The number of carbonyl (C=O) groups is 1. The number of piperidine rings is 2. The molecule has 3 heterocycles. The lowest BCUT2D eigenvalue weighted by Crippen LogP contribution is -2.59. The number of ether oxygens (including phenoxy) is 2. The smallest absolute Gasteiger partial charge is 0.430 e. The van der Waals surface area contributed by atoms with Crippen LogP contribution < -0.4 is 10.1 Å². The van der Waals surface area contributed by atoms with E-state index in [1.54, 1.807) is 12.3 Å². The number of hydrogen-bond donors (Lipinski definition) is 1. The summed E-state index contributed by atoms with van der Waals surface area (Å²) in [5.74, 6) is -0.152. The zero-order chi connectivity index (χ0) is 28.2. The van der Waals surface area contributed by atoms with Crippen LogP contribution in [0, 0.1) is 5.41 Å². The standard InChI is InChI=1S/C30H35F3N4O3/c1-39-29(30(31,32)33,23-8-3-2-4-9-23)27(38)36-18-13-28(14-19-36)12-16-34-22-25(28)24-10-5-6-11-26(24)40-21-20-37-17-7-15-35-37/h2-11,15,17,25,34H,12-14,16,18-22H2,1H3/t25?,29-/m1/s1. The summed E-state index contributed by atoms with van der Waals surface area (Å²) in [4.78, 5) is 15.0. The van der Waals surface area contributed by atoms with Crippen molar-refractivity contribution in [2.24, 2.45) is 5.41 Å². The fourth-order valence-corrected chi connectivity index (χ4v) is 6.37. The summed E-state index contributed by atoms with van der Waals surface area (Å²) in [6, 6.07) is 17.0. The summed E-state index contributed by atoms with van der Waals surface area (Å²) in [5.41, 5.74) is -2.33. The molecule has 0 aliphatic carbocycles. The Bertz CT molecular complexity index is 1260. The first kappa shape index (κ1) is 28.2. The number of methoxy groups -OCH3 is 1. The number of nitrogens with zero attached hydrogens (tertiary/aromatic N) is 3. The SMILES string of the molecule is CO[C@@](C(=O)N1CCC2(CCNCC2c2ccccc2OCCn2cccn2)CC1)(c1ccccc1)C(F)(F)F. The number of halogens is 3. The van der Waals surface area contributed by atoms with Gasteiger partial charge in [-0.2, -0.15) is 18.3 Å². The van der Waals surface area contributed by atoms with E-state index in [-0.39, 0.29) is 30.0 Å². The molecule has 2 aromatic carbocycles. The van der Waals surface area contributed by atoms with E-state index in [1.807, 2.05) is 35.1 Å². The van der Waals surface area contributed by atoms with E-state index in [1.165, 1.54) is 29.2 Å². The number of likely N-dealkylation sites (tertiary alicyclic amines) is 1. The summed E-state index contributed by atoms with van der Waals surface area (Å²) in [7, 11) is 0.954. The Balaban J connectivity index is 1.35. The Hall–Kier alpha value is -3.37. The highest BCUT2D eigenvalue weighted by atomic mass is 19.4. The minimum Gasteiger partial charge on any atom is -0.491 e. The van der Waals surface area contributed by atoms with Crippen LogP contribution in [0.1, 0.15) is 36.3 Å². The van der Waals surface area contributed by atoms with Gasteiger partial charge in [-0.3, -0.25) is 9.48 Å². The monoisotopic (exact) mass is 556 g/mol. The number of hydrogen-bond acceptors (Lipinski definition) is 5. The summed E-state index contributed by atoms with van der Waals surface area (Å²) in [6.45, 7) is 3.10. The van der Waals surface area contributed by atoms with Gasteiger partial charge < -0.3 is 19.7 Å². The van der Waals surface area contributed by atoms with Gasteiger partial charge in [0.2, 0.25) is 0 Å². The van der Waals surface area contributed by atoms with Gasteiger partial charge >= 0.3 is 6.18 Å². The first-order valence-corrected chi connectivity index (χ1v) is 13.7. The molecule has 0 saturated carbocycles. The molecule has 2 aliphatic heterocycles. The quantitative estimate of drug-likeness (QED) is 0.434. The number of alkyl halides is 3. The zero-order valence-electron chi connectivity index (χ0n) is 22.6. The summed E-state index contributed by atoms with van der Waals surface area (Å²) in [6.07, 6.45) is 0.763. The average molecular weight is 557 g/mol. The van der Waals surface area contributed by atoms with Crippen molar-refractivity contribution >= 4 is 5.91 Å². The maximum absolute atomic E-state index is 14.5. The molecule has 5 rings (SSSR count). The molecule has 1 unspecified atom stereocenters. The number of amides is 1. The summed E-state index contributed by atoms with van der Waals surface area (Å²) >= 11 is 0. The molecule has 2 atom stereocenters. The van der Waals surface area contributed by atoms with Gasteiger partial charge in [0.15, 0.2) is 0 Å². The molecule has 1 spiro atoms. The molecule has 40 heavy (non-hydrogen) atoms. The second-order valence-electron chi connectivity index (χ2n) is 10.6. The number of para-hydroxylation sites is 1. The van der Waals surface area contributed by atoms with E-state index < -0.39 is 17.7 Å². The third-order valence-corrected chi connectivity index (χ3v) is 8.55. The third kappa shape index (κ3) is 5.22. The minimum atomic E-state index is -4.92. The number of carbonyl (C=O) groups excluding carboxylic acids is 1. The fraction of sp³-hybridized carbons (Fsp3) is 0.467. The van der Waals surface area contributed by atoms with E-state index in [9.17, 15) is 18.0 Å². The van der Waals surface area contributed by atoms with Crippen LogP contribution in [0.2, 0.25) is 0 Å². The molecule has 0 radical (unpaired) electrons. The maximum atomic E-state index is 14.5. The third-order valence-electron chi connectivity index (χ3n) is 8.55. The van der Waals surface area contributed by atoms with Crippen LogP contribution in [0.4, 0.5) is 13.2 Å². The highest BCUT2D eigenvalue weighted by Gasteiger charge is 2.64. The molecule has 1 N–H and O–H groups in total. The van der Waals surface area contributed by atoms with Gasteiger partial charge in [0.1, 0.15) is 12.4 Å². The molecule has 1 aromatic heterocycles. The molecule has 3 aromatic rings. The molecule has 2 aliphatic rings. The molecule has 2 fully saturated rings. The number of aromatic nitrogens is 2. The van der Waals surface area contributed by atoms with Crippen LogP contribution in [0.25, 0.3) is 0 Å². The maximum Gasteiger partial charge on any atom is 0.430 e. The number of nitrogens with one attached hydrogen (secondary N) is 1. The number of rotatable bonds is 8. The van der Waals surface area contributed by atoms with E-state index in [2.05, 4.69) is 16.5 Å². The molecule has 10 heteroatoms. The van der Waals surface area contributed by atoms with Gasteiger partial charge in [0.25, 0.3) is 11.5 Å². The zero-order valence-corrected chi connectivity index (χ0v) is 22.6. The molecule has 7 nitrogen and oxygen atoms in total. The van der Waals surface area contributed by atoms with Gasteiger partial charge in [-0.1, -0.05) is 48.5 Å². The lowest BCUT2D eigenvalue weighted by Gasteiger charge is -2.51. The van der Waals surface area contributed by atoms with Crippen molar-refractivity contribution in [2.75, 3.05) is 39.9 Å². The number of benzene rings is 2. The normalized spacial score (nSPS) is 20.7. The Morgan fingerprint density at radius 3 is 2.45 bits per heavy atom. The lowest BCUT2D eigenvalue weighted by atomic mass is 9.62. The van der Waals surface area contributed by atoms with Gasteiger partial charge in [-0.05, 0) is 48.9 Å². The molecule has 214 valence electrons. The Labute approximate surface area is 232 Å². The average Bonchev–Trinajstić information content (AvgIpc) is 3.48. The second-order valence-corrected chi connectivity index (χ2v) is 10.6. The van der Waals surface area contributed by atoms with Crippen molar-refractivity contribution in [3.05, 3.63) is 84.2 Å². The van der Waals surface area contributed by atoms with Crippen LogP contribution in [0.5, 0.6) is 5.75 Å². The topological polar surface area (TPSA) is 68.6 Å². The van der Waals surface area contributed by atoms with Crippen LogP contribution in [-0.2, 0) is 21.7 Å². The fourth-order valence-electron chi connectivity index (χ4n) is 6.37. The highest BCUT2D eigenvalue weighted by molar-refractivity contribution is 5.88. The molecular formula is C30H35F3N4O3. The van der Waals surface area contributed by atoms with Crippen molar-refractivity contribution < 1.29 is 27.4 Å². The summed E-state index contributed by atoms with van der Waals surface area (Å²) < 4.78 is 56.7. The first-order chi connectivity index (χ1) is 19.3. The van der Waals surface area contributed by atoms with Crippen LogP contribution in [-0.4, -0.2) is 66.7 Å². The highest BCUT2D eigenvalue weighted by Crippen LogP contribution is 2.51. The van der Waals surface area contributed by atoms with Crippen LogP contribution >= 0.6 is 0 Å². The van der Waals surface area contributed by atoms with Crippen molar-refractivity contribution in [3.8, 4) is 5.75 Å². The predicted molar refractivity (Wildman–Crippen MR) is 144 cm³/mol. The van der Waals surface area contributed by atoms with Crippen LogP contribution in [0.3, 0.4) is 0 Å². The van der Waals surface area contributed by atoms with Gasteiger partial charge in [-0.15, -0.1) is 0 Å². The Kier molecular flexibility index (Phi) is 8.19. The van der Waals surface area contributed by atoms with Gasteiger partial charge in [-0.25, -0.2) is 0 Å². The Morgan fingerprint density at radius 2 is 1.77 bits per heavy atom. The molecule has 0 bridgehead atoms. The second kappa shape index (κ2) is 11.6. The van der Waals surface area contributed by atoms with E-state index in [0.29, 0.717) is 26.0 Å². The largest absolute Gasteiger partial charge is 0.491 e. The molecule has 1 amide bonds. The molecule has 2 saturated heterocycles. The van der Waals surface area contributed by atoms with Crippen molar-refractivity contribution in [1.29, 1.82) is 0 Å². The van der Waals surface area contributed by atoms with E-state index >= 15 is 0 Å². The van der Waals surface area contributed by atoms with Crippen molar-refractivity contribution in [2.45, 2.75) is 43.5 Å².